The van der Waals surface area contributed by atoms with E-state index in [4.69, 9.17) is 0 Å². The first-order valence-corrected chi connectivity index (χ1v) is 8.08. The molecule has 98 valence electrons. The summed E-state index contributed by atoms with van der Waals surface area (Å²) < 4.78 is 24.8. The van der Waals surface area contributed by atoms with Crippen LogP contribution in [0, 0.1) is 0 Å². The van der Waals surface area contributed by atoms with Gasteiger partial charge in [0.25, 0.3) is 0 Å². The van der Waals surface area contributed by atoms with Crippen molar-refractivity contribution in [2.75, 3.05) is 12.8 Å². The van der Waals surface area contributed by atoms with E-state index in [9.17, 15) is 13.2 Å². The number of carbonyl (C=O) groups excluding carboxylic acids is 1. The minimum atomic E-state index is -3.29. The SMILES string of the molecule is CS(=O)(=O)N(CC(=O)NC1CC1)C1CCCC1. The molecule has 0 spiro atoms. The number of nitrogens with one attached hydrogen (secondary N) is 1. The van der Waals surface area contributed by atoms with Gasteiger partial charge < -0.3 is 5.32 Å². The Morgan fingerprint density at radius 3 is 2.29 bits per heavy atom. The van der Waals surface area contributed by atoms with E-state index in [0.29, 0.717) is 0 Å². The van der Waals surface area contributed by atoms with Crippen LogP contribution in [0.3, 0.4) is 0 Å². The van der Waals surface area contributed by atoms with Gasteiger partial charge in [-0.15, -0.1) is 0 Å². The molecule has 0 aromatic carbocycles. The largest absolute Gasteiger partial charge is 0.352 e. The van der Waals surface area contributed by atoms with E-state index in [-0.39, 0.29) is 24.5 Å². The number of sulfonamides is 1. The van der Waals surface area contributed by atoms with Gasteiger partial charge in [-0.25, -0.2) is 8.42 Å². The zero-order chi connectivity index (χ0) is 12.5. The summed E-state index contributed by atoms with van der Waals surface area (Å²) in [6.07, 6.45) is 7.10. The molecule has 1 N–H and O–H groups in total. The molecule has 1 amide bonds. The van der Waals surface area contributed by atoms with Crippen LogP contribution in [0.25, 0.3) is 0 Å². The molecular formula is C11H20N2O3S. The van der Waals surface area contributed by atoms with Crippen LogP contribution in [0.2, 0.25) is 0 Å². The summed E-state index contributed by atoms with van der Waals surface area (Å²) in [5, 5.41) is 2.83. The maximum absolute atomic E-state index is 11.7. The minimum absolute atomic E-state index is 0.0139. The Labute approximate surface area is 103 Å². The van der Waals surface area contributed by atoms with E-state index in [2.05, 4.69) is 5.32 Å². The third-order valence-corrected chi connectivity index (χ3v) is 4.68. The van der Waals surface area contributed by atoms with Gasteiger partial charge in [-0.1, -0.05) is 12.8 Å². The summed E-state index contributed by atoms with van der Waals surface area (Å²) in [6, 6.07) is 0.308. The monoisotopic (exact) mass is 260 g/mol. The average Bonchev–Trinajstić information content (AvgIpc) is 2.86. The van der Waals surface area contributed by atoms with E-state index in [0.717, 1.165) is 38.5 Å². The fraction of sp³-hybridized carbons (Fsp3) is 0.909. The van der Waals surface area contributed by atoms with Crippen molar-refractivity contribution in [2.24, 2.45) is 0 Å². The summed E-state index contributed by atoms with van der Waals surface area (Å²) in [5.41, 5.74) is 0. The van der Waals surface area contributed by atoms with Crippen LogP contribution in [0.5, 0.6) is 0 Å². The molecule has 0 aromatic rings. The average molecular weight is 260 g/mol. The Morgan fingerprint density at radius 1 is 1.24 bits per heavy atom. The summed E-state index contributed by atoms with van der Waals surface area (Å²) in [7, 11) is -3.29. The second-order valence-corrected chi connectivity index (χ2v) is 7.02. The summed E-state index contributed by atoms with van der Waals surface area (Å²) in [6.45, 7) is -0.0139. The molecular weight excluding hydrogens is 240 g/mol. The van der Waals surface area contributed by atoms with Crippen LogP contribution in [0.1, 0.15) is 38.5 Å². The first-order valence-electron chi connectivity index (χ1n) is 6.23. The predicted octanol–water partition coefficient (Wildman–Crippen LogP) is 0.469. The Hall–Kier alpha value is -0.620. The summed E-state index contributed by atoms with van der Waals surface area (Å²) in [5.74, 6) is -0.162. The van der Waals surface area contributed by atoms with E-state index in [1.807, 2.05) is 0 Å². The molecule has 0 bridgehead atoms. The fourth-order valence-corrected chi connectivity index (χ4v) is 3.46. The molecule has 0 saturated heterocycles. The van der Waals surface area contributed by atoms with Crippen molar-refractivity contribution in [3.63, 3.8) is 0 Å². The smallest absolute Gasteiger partial charge is 0.235 e. The van der Waals surface area contributed by atoms with Crippen molar-refractivity contribution in [3.05, 3.63) is 0 Å². The Kier molecular flexibility index (Phi) is 3.73. The molecule has 2 aliphatic carbocycles. The highest BCUT2D eigenvalue weighted by Crippen LogP contribution is 2.25. The standard InChI is InChI=1S/C11H20N2O3S/c1-17(15,16)13(10-4-2-3-5-10)8-11(14)12-9-6-7-9/h9-10H,2-8H2,1H3,(H,12,14). The molecule has 0 heterocycles. The van der Waals surface area contributed by atoms with Gasteiger partial charge >= 0.3 is 0 Å². The van der Waals surface area contributed by atoms with E-state index in [1.54, 1.807) is 0 Å². The van der Waals surface area contributed by atoms with Gasteiger partial charge in [0.1, 0.15) is 0 Å². The van der Waals surface area contributed by atoms with Crippen molar-refractivity contribution < 1.29 is 13.2 Å². The highest BCUT2D eigenvalue weighted by molar-refractivity contribution is 7.88. The van der Waals surface area contributed by atoms with Crippen LogP contribution in [0.4, 0.5) is 0 Å². The maximum atomic E-state index is 11.7. The lowest BCUT2D eigenvalue weighted by molar-refractivity contribution is -0.121. The quantitative estimate of drug-likeness (QED) is 0.781. The fourth-order valence-electron chi connectivity index (χ4n) is 2.35. The minimum Gasteiger partial charge on any atom is -0.352 e. The highest BCUT2D eigenvalue weighted by atomic mass is 32.2. The number of hydrogen-bond acceptors (Lipinski definition) is 3. The van der Waals surface area contributed by atoms with Gasteiger partial charge in [0.15, 0.2) is 0 Å². The number of carbonyl (C=O) groups is 1. The number of nitrogens with zero attached hydrogens (tertiary/aromatic N) is 1. The second kappa shape index (κ2) is 4.94. The first-order chi connectivity index (χ1) is 7.97. The van der Waals surface area contributed by atoms with Crippen molar-refractivity contribution >= 4 is 15.9 Å². The lowest BCUT2D eigenvalue weighted by Gasteiger charge is -2.25. The van der Waals surface area contributed by atoms with Crippen molar-refractivity contribution in [1.29, 1.82) is 0 Å². The van der Waals surface area contributed by atoms with Crippen molar-refractivity contribution in [3.8, 4) is 0 Å². The zero-order valence-electron chi connectivity index (χ0n) is 10.2. The molecule has 2 aliphatic rings. The van der Waals surface area contributed by atoms with Crippen LogP contribution in [-0.2, 0) is 14.8 Å². The van der Waals surface area contributed by atoms with Crippen molar-refractivity contribution in [2.45, 2.75) is 50.6 Å². The number of rotatable bonds is 5. The van der Waals surface area contributed by atoms with Gasteiger partial charge in [0, 0.05) is 12.1 Å². The summed E-state index contributed by atoms with van der Waals surface area (Å²) >= 11 is 0. The predicted molar refractivity (Wildman–Crippen MR) is 65.0 cm³/mol. The second-order valence-electron chi connectivity index (χ2n) is 5.09. The zero-order valence-corrected chi connectivity index (χ0v) is 11.0. The van der Waals surface area contributed by atoms with Gasteiger partial charge in [-0.05, 0) is 25.7 Å². The van der Waals surface area contributed by atoms with Crippen LogP contribution < -0.4 is 5.32 Å². The molecule has 2 fully saturated rings. The molecule has 2 rings (SSSR count). The molecule has 6 heteroatoms. The maximum Gasteiger partial charge on any atom is 0.235 e. The number of amides is 1. The molecule has 0 unspecified atom stereocenters. The molecule has 0 aromatic heterocycles. The van der Waals surface area contributed by atoms with Crippen molar-refractivity contribution in [1.82, 2.24) is 9.62 Å². The van der Waals surface area contributed by atoms with Crippen LogP contribution in [0.15, 0.2) is 0 Å². The Bertz CT molecular complexity index is 384. The summed E-state index contributed by atoms with van der Waals surface area (Å²) in [4.78, 5) is 11.7. The molecule has 0 atom stereocenters. The lowest BCUT2D eigenvalue weighted by Crippen LogP contribution is -2.45. The van der Waals surface area contributed by atoms with Gasteiger partial charge in [-0.3, -0.25) is 4.79 Å². The van der Waals surface area contributed by atoms with Gasteiger partial charge in [0.05, 0.1) is 12.8 Å². The number of hydrogen-bond donors (Lipinski definition) is 1. The topological polar surface area (TPSA) is 66.5 Å². The molecule has 0 aliphatic heterocycles. The molecule has 0 radical (unpaired) electrons. The van der Waals surface area contributed by atoms with Crippen LogP contribution >= 0.6 is 0 Å². The van der Waals surface area contributed by atoms with Crippen LogP contribution in [-0.4, -0.2) is 43.5 Å². The lowest BCUT2D eigenvalue weighted by atomic mass is 10.2. The van der Waals surface area contributed by atoms with E-state index >= 15 is 0 Å². The third kappa shape index (κ3) is 3.67. The van der Waals surface area contributed by atoms with E-state index in [1.165, 1.54) is 10.6 Å². The molecule has 17 heavy (non-hydrogen) atoms. The van der Waals surface area contributed by atoms with E-state index < -0.39 is 10.0 Å². The normalized spacial score (nSPS) is 22.0. The first kappa shape index (κ1) is 12.8. The highest BCUT2D eigenvalue weighted by Gasteiger charge is 2.32. The molecule has 2 saturated carbocycles. The Morgan fingerprint density at radius 2 is 1.82 bits per heavy atom. The van der Waals surface area contributed by atoms with Gasteiger partial charge in [-0.2, -0.15) is 4.31 Å². The third-order valence-electron chi connectivity index (χ3n) is 3.40. The van der Waals surface area contributed by atoms with Gasteiger partial charge in [0.2, 0.25) is 15.9 Å². The Balaban J connectivity index is 1.96. The molecule has 5 nitrogen and oxygen atoms in total.